The number of amides is 1. The molecule has 1 N–H and O–H groups in total. The molecule has 82 valence electrons. The van der Waals surface area contributed by atoms with Crippen molar-refractivity contribution in [2.45, 2.75) is 19.5 Å². The zero-order valence-corrected chi connectivity index (χ0v) is 9.23. The molecule has 1 aliphatic heterocycles. The monoisotopic (exact) mass is 207 g/mol. The summed E-state index contributed by atoms with van der Waals surface area (Å²) in [6.45, 7) is 4.71. The molecule has 1 aliphatic rings. The van der Waals surface area contributed by atoms with Crippen molar-refractivity contribution in [1.29, 1.82) is 0 Å². The predicted octanol–water partition coefficient (Wildman–Crippen LogP) is 0.552. The standard InChI is InChI=1S/C11H17N3O/c1-3-14-6-4-5-10(14)11(15)13(2)9-7-12-8-9/h4-6,9,12H,3,7-8H2,1-2H3. The van der Waals surface area contributed by atoms with Gasteiger partial charge in [0, 0.05) is 32.9 Å². The zero-order valence-electron chi connectivity index (χ0n) is 9.23. The molecule has 0 aliphatic carbocycles. The Morgan fingerprint density at radius 3 is 2.93 bits per heavy atom. The lowest BCUT2D eigenvalue weighted by Gasteiger charge is -2.35. The summed E-state index contributed by atoms with van der Waals surface area (Å²) in [4.78, 5) is 13.9. The van der Waals surface area contributed by atoms with Crippen LogP contribution in [0, 0.1) is 0 Å². The van der Waals surface area contributed by atoms with Gasteiger partial charge in [-0.3, -0.25) is 4.79 Å². The SMILES string of the molecule is CCn1cccc1C(=O)N(C)C1CNC1. The number of carbonyl (C=O) groups is 1. The second kappa shape index (κ2) is 4.06. The molecule has 0 radical (unpaired) electrons. The predicted molar refractivity (Wildman–Crippen MR) is 58.9 cm³/mol. The summed E-state index contributed by atoms with van der Waals surface area (Å²) < 4.78 is 1.98. The average molecular weight is 207 g/mol. The molecular formula is C11H17N3O. The van der Waals surface area contributed by atoms with Gasteiger partial charge in [0.25, 0.3) is 5.91 Å². The van der Waals surface area contributed by atoms with Gasteiger partial charge in [-0.15, -0.1) is 0 Å². The normalized spacial score (nSPS) is 16.1. The summed E-state index contributed by atoms with van der Waals surface area (Å²) in [6, 6.07) is 4.16. The van der Waals surface area contributed by atoms with Gasteiger partial charge in [-0.2, -0.15) is 0 Å². The Morgan fingerprint density at radius 2 is 2.40 bits per heavy atom. The Morgan fingerprint density at radius 1 is 1.67 bits per heavy atom. The minimum atomic E-state index is 0.119. The first-order chi connectivity index (χ1) is 7.24. The Bertz CT molecular complexity index is 354. The van der Waals surface area contributed by atoms with Crippen molar-refractivity contribution >= 4 is 5.91 Å². The van der Waals surface area contributed by atoms with Gasteiger partial charge in [-0.05, 0) is 19.1 Å². The molecule has 4 nitrogen and oxygen atoms in total. The van der Waals surface area contributed by atoms with Crippen molar-refractivity contribution in [3.05, 3.63) is 24.0 Å². The molecular weight excluding hydrogens is 190 g/mol. The first kappa shape index (κ1) is 10.2. The van der Waals surface area contributed by atoms with E-state index in [2.05, 4.69) is 5.32 Å². The quantitative estimate of drug-likeness (QED) is 0.786. The molecule has 1 aromatic rings. The van der Waals surface area contributed by atoms with Crippen LogP contribution in [0.1, 0.15) is 17.4 Å². The smallest absolute Gasteiger partial charge is 0.270 e. The van der Waals surface area contributed by atoms with Crippen molar-refractivity contribution < 1.29 is 4.79 Å². The van der Waals surface area contributed by atoms with E-state index >= 15 is 0 Å². The van der Waals surface area contributed by atoms with Gasteiger partial charge >= 0.3 is 0 Å². The van der Waals surface area contributed by atoms with Crippen LogP contribution in [0.2, 0.25) is 0 Å². The molecule has 0 atom stereocenters. The molecule has 2 heterocycles. The molecule has 0 spiro atoms. The lowest BCUT2D eigenvalue weighted by molar-refractivity contribution is 0.0670. The maximum absolute atomic E-state index is 12.1. The number of rotatable bonds is 3. The number of aryl methyl sites for hydroxylation is 1. The van der Waals surface area contributed by atoms with Crippen molar-refractivity contribution in [3.63, 3.8) is 0 Å². The zero-order chi connectivity index (χ0) is 10.8. The van der Waals surface area contributed by atoms with E-state index < -0.39 is 0 Å². The third-order valence-corrected chi connectivity index (χ3v) is 3.02. The van der Waals surface area contributed by atoms with E-state index in [-0.39, 0.29) is 5.91 Å². The lowest BCUT2D eigenvalue weighted by atomic mass is 10.1. The minimum absolute atomic E-state index is 0.119. The number of nitrogens with zero attached hydrogens (tertiary/aromatic N) is 2. The van der Waals surface area contributed by atoms with E-state index in [1.807, 2.05) is 41.8 Å². The topological polar surface area (TPSA) is 37.3 Å². The molecule has 2 rings (SSSR count). The maximum Gasteiger partial charge on any atom is 0.270 e. The van der Waals surface area contributed by atoms with Crippen LogP contribution in [0.15, 0.2) is 18.3 Å². The third kappa shape index (κ3) is 1.77. The average Bonchev–Trinajstić information content (AvgIpc) is 2.61. The molecule has 1 amide bonds. The van der Waals surface area contributed by atoms with Gasteiger partial charge in [-0.1, -0.05) is 0 Å². The fourth-order valence-corrected chi connectivity index (χ4v) is 1.78. The fraction of sp³-hybridized carbons (Fsp3) is 0.545. The lowest BCUT2D eigenvalue weighted by Crippen LogP contribution is -2.57. The highest BCUT2D eigenvalue weighted by molar-refractivity contribution is 5.92. The van der Waals surface area contributed by atoms with Crippen LogP contribution in [0.3, 0.4) is 0 Å². The van der Waals surface area contributed by atoms with Crippen molar-refractivity contribution in [2.75, 3.05) is 20.1 Å². The molecule has 0 saturated carbocycles. The number of nitrogens with one attached hydrogen (secondary N) is 1. The molecule has 0 aromatic carbocycles. The molecule has 0 unspecified atom stereocenters. The van der Waals surface area contributed by atoms with Crippen molar-refractivity contribution in [1.82, 2.24) is 14.8 Å². The van der Waals surface area contributed by atoms with E-state index in [0.717, 1.165) is 25.3 Å². The van der Waals surface area contributed by atoms with Gasteiger partial charge in [0.15, 0.2) is 0 Å². The summed E-state index contributed by atoms with van der Waals surface area (Å²) in [5.41, 5.74) is 0.784. The Labute approximate surface area is 89.9 Å². The first-order valence-corrected chi connectivity index (χ1v) is 5.37. The van der Waals surface area contributed by atoms with E-state index in [4.69, 9.17) is 0 Å². The van der Waals surface area contributed by atoms with E-state index in [0.29, 0.717) is 6.04 Å². The number of aromatic nitrogens is 1. The molecule has 15 heavy (non-hydrogen) atoms. The number of hydrogen-bond donors (Lipinski definition) is 1. The van der Waals surface area contributed by atoms with Crippen molar-refractivity contribution in [2.24, 2.45) is 0 Å². The second-order valence-corrected chi connectivity index (χ2v) is 3.91. The van der Waals surface area contributed by atoms with Crippen LogP contribution in [-0.2, 0) is 6.54 Å². The van der Waals surface area contributed by atoms with Crippen LogP contribution >= 0.6 is 0 Å². The Hall–Kier alpha value is -1.29. The summed E-state index contributed by atoms with van der Waals surface area (Å²) in [5.74, 6) is 0.119. The second-order valence-electron chi connectivity index (χ2n) is 3.91. The van der Waals surface area contributed by atoms with E-state index in [1.165, 1.54) is 0 Å². The summed E-state index contributed by atoms with van der Waals surface area (Å²) in [7, 11) is 1.88. The minimum Gasteiger partial charge on any atom is -0.344 e. The number of hydrogen-bond acceptors (Lipinski definition) is 2. The summed E-state index contributed by atoms with van der Waals surface area (Å²) >= 11 is 0. The molecule has 1 aromatic heterocycles. The van der Waals surface area contributed by atoms with Crippen LogP contribution < -0.4 is 5.32 Å². The van der Waals surface area contributed by atoms with Gasteiger partial charge in [-0.25, -0.2) is 0 Å². The van der Waals surface area contributed by atoms with E-state index in [1.54, 1.807) is 0 Å². The van der Waals surface area contributed by atoms with Crippen molar-refractivity contribution in [3.8, 4) is 0 Å². The highest BCUT2D eigenvalue weighted by Crippen LogP contribution is 2.10. The van der Waals surface area contributed by atoms with Crippen LogP contribution in [0.25, 0.3) is 0 Å². The fourth-order valence-electron chi connectivity index (χ4n) is 1.78. The van der Waals surface area contributed by atoms with Crippen LogP contribution in [0.5, 0.6) is 0 Å². The number of likely N-dealkylation sites (N-methyl/N-ethyl adjacent to an activating group) is 1. The highest BCUT2D eigenvalue weighted by Gasteiger charge is 2.26. The van der Waals surface area contributed by atoms with Gasteiger partial charge in [0.1, 0.15) is 5.69 Å². The Kier molecular flexibility index (Phi) is 2.77. The van der Waals surface area contributed by atoms with Gasteiger partial charge < -0.3 is 14.8 Å². The van der Waals surface area contributed by atoms with Gasteiger partial charge in [0.2, 0.25) is 0 Å². The summed E-state index contributed by atoms with van der Waals surface area (Å²) in [5, 5.41) is 3.17. The summed E-state index contributed by atoms with van der Waals surface area (Å²) in [6.07, 6.45) is 1.94. The molecule has 1 saturated heterocycles. The van der Waals surface area contributed by atoms with Crippen LogP contribution in [-0.4, -0.2) is 41.6 Å². The molecule has 0 bridgehead atoms. The first-order valence-electron chi connectivity index (χ1n) is 5.37. The van der Waals surface area contributed by atoms with Gasteiger partial charge in [0.05, 0.1) is 6.04 Å². The van der Waals surface area contributed by atoms with E-state index in [9.17, 15) is 4.79 Å². The number of carbonyl (C=O) groups excluding carboxylic acids is 1. The maximum atomic E-state index is 12.1. The largest absolute Gasteiger partial charge is 0.344 e. The third-order valence-electron chi connectivity index (χ3n) is 3.02. The van der Waals surface area contributed by atoms with Crippen LogP contribution in [0.4, 0.5) is 0 Å². The highest BCUT2D eigenvalue weighted by atomic mass is 16.2. The molecule has 4 heteroatoms. The molecule has 1 fully saturated rings. The Balaban J connectivity index is 2.12.